The highest BCUT2D eigenvalue weighted by molar-refractivity contribution is 9.10. The van der Waals surface area contributed by atoms with Crippen LogP contribution >= 0.6 is 27.3 Å². The van der Waals surface area contributed by atoms with Gasteiger partial charge in [0.05, 0.1) is 0 Å². The van der Waals surface area contributed by atoms with Crippen LogP contribution in [0.1, 0.15) is 23.8 Å². The fourth-order valence-electron chi connectivity index (χ4n) is 2.50. The van der Waals surface area contributed by atoms with Crippen molar-refractivity contribution >= 4 is 37.4 Å². The summed E-state index contributed by atoms with van der Waals surface area (Å²) >= 11 is 5.18. The molecule has 0 spiro atoms. The molecule has 1 atom stereocenters. The van der Waals surface area contributed by atoms with E-state index in [1.54, 1.807) is 11.3 Å². The van der Waals surface area contributed by atoms with E-state index in [-0.39, 0.29) is 6.10 Å². The van der Waals surface area contributed by atoms with E-state index in [1.807, 2.05) is 0 Å². The Labute approximate surface area is 119 Å². The third-order valence-corrected chi connectivity index (χ3v) is 5.17. The molecule has 2 nitrogen and oxygen atoms in total. The minimum absolute atomic E-state index is 0.348. The van der Waals surface area contributed by atoms with Crippen molar-refractivity contribution in [3.8, 4) is 0 Å². The van der Waals surface area contributed by atoms with Crippen LogP contribution in [-0.4, -0.2) is 29.6 Å². The molecule has 0 radical (unpaired) electrons. The van der Waals surface area contributed by atoms with Crippen LogP contribution in [0.3, 0.4) is 0 Å². The summed E-state index contributed by atoms with van der Waals surface area (Å²) in [6.45, 7) is 3.04. The number of hydrogen-bond acceptors (Lipinski definition) is 3. The number of likely N-dealkylation sites (tertiary alicyclic amines) is 1. The van der Waals surface area contributed by atoms with E-state index >= 15 is 0 Å². The molecule has 0 amide bonds. The molecule has 18 heavy (non-hydrogen) atoms. The highest BCUT2D eigenvalue weighted by Gasteiger charge is 2.18. The molecule has 0 aliphatic carbocycles. The molecule has 0 bridgehead atoms. The molecule has 1 aromatic carbocycles. The summed E-state index contributed by atoms with van der Waals surface area (Å²) < 4.78 is 2.34. The Morgan fingerprint density at radius 3 is 2.83 bits per heavy atom. The van der Waals surface area contributed by atoms with E-state index in [9.17, 15) is 5.11 Å². The number of halogens is 1. The molecule has 3 rings (SSSR count). The van der Waals surface area contributed by atoms with Crippen molar-refractivity contribution in [2.24, 2.45) is 0 Å². The molecule has 1 aliphatic heterocycles. The van der Waals surface area contributed by atoms with Gasteiger partial charge in [-0.05, 0) is 55.6 Å². The number of nitrogens with zero attached hydrogens (tertiary/aromatic N) is 1. The van der Waals surface area contributed by atoms with Crippen LogP contribution in [-0.2, 0) is 0 Å². The first-order valence-corrected chi connectivity index (χ1v) is 7.93. The molecular formula is C14H16BrNOS. The van der Waals surface area contributed by atoms with Gasteiger partial charge in [-0.3, -0.25) is 0 Å². The molecule has 1 aliphatic rings. The largest absolute Gasteiger partial charge is 0.386 e. The van der Waals surface area contributed by atoms with Gasteiger partial charge >= 0.3 is 0 Å². The Bertz CT molecular complexity index is 548. The first-order chi connectivity index (χ1) is 8.72. The van der Waals surface area contributed by atoms with Gasteiger partial charge in [0.15, 0.2) is 0 Å². The number of aliphatic hydroxyl groups is 1. The Morgan fingerprint density at radius 1 is 1.28 bits per heavy atom. The minimum atomic E-state index is -0.348. The van der Waals surface area contributed by atoms with Gasteiger partial charge in [0.1, 0.15) is 6.10 Å². The van der Waals surface area contributed by atoms with E-state index in [4.69, 9.17) is 0 Å². The first-order valence-electron chi connectivity index (χ1n) is 6.32. The third-order valence-electron chi connectivity index (χ3n) is 3.46. The van der Waals surface area contributed by atoms with Crippen LogP contribution < -0.4 is 0 Å². The number of aliphatic hydroxyl groups excluding tert-OH is 1. The molecule has 2 aromatic rings. The van der Waals surface area contributed by atoms with Crippen molar-refractivity contribution in [3.05, 3.63) is 33.6 Å². The molecule has 0 unspecified atom stereocenters. The molecule has 1 aromatic heterocycles. The smallest absolute Gasteiger partial charge is 0.101 e. The lowest BCUT2D eigenvalue weighted by Crippen LogP contribution is -2.24. The van der Waals surface area contributed by atoms with Gasteiger partial charge in [-0.15, -0.1) is 11.3 Å². The maximum atomic E-state index is 10.3. The van der Waals surface area contributed by atoms with E-state index in [0.717, 1.165) is 29.0 Å². The Morgan fingerprint density at radius 2 is 2.06 bits per heavy atom. The summed E-state index contributed by atoms with van der Waals surface area (Å²) in [7, 11) is 0. The fourth-order valence-corrected chi connectivity index (χ4v) is 3.90. The maximum absolute atomic E-state index is 10.3. The number of benzene rings is 1. The Balaban J connectivity index is 1.80. The molecule has 96 valence electrons. The predicted octanol–water partition coefficient (Wildman–Crippen LogP) is 3.79. The summed E-state index contributed by atoms with van der Waals surface area (Å²) in [4.78, 5) is 3.43. The monoisotopic (exact) mass is 325 g/mol. The molecule has 2 heterocycles. The van der Waals surface area contributed by atoms with Crippen LogP contribution in [0.5, 0.6) is 0 Å². The highest BCUT2D eigenvalue weighted by Crippen LogP contribution is 2.32. The third kappa shape index (κ3) is 2.62. The van der Waals surface area contributed by atoms with Crippen molar-refractivity contribution in [3.63, 3.8) is 0 Å². The van der Waals surface area contributed by atoms with Crippen LogP contribution in [0.2, 0.25) is 0 Å². The zero-order chi connectivity index (χ0) is 12.5. The van der Waals surface area contributed by atoms with Crippen molar-refractivity contribution in [1.82, 2.24) is 4.90 Å². The van der Waals surface area contributed by atoms with Gasteiger partial charge in [0.2, 0.25) is 0 Å². The molecule has 1 saturated heterocycles. The molecular weight excluding hydrogens is 310 g/mol. The lowest BCUT2D eigenvalue weighted by molar-refractivity contribution is 0.129. The normalized spacial score (nSPS) is 18.6. The van der Waals surface area contributed by atoms with E-state index in [2.05, 4.69) is 45.1 Å². The Kier molecular flexibility index (Phi) is 3.71. The van der Waals surface area contributed by atoms with Gasteiger partial charge in [0, 0.05) is 20.6 Å². The van der Waals surface area contributed by atoms with E-state index < -0.39 is 0 Å². The molecule has 0 saturated carbocycles. The summed E-state index contributed by atoms with van der Waals surface area (Å²) in [5, 5.41) is 11.5. The van der Waals surface area contributed by atoms with Gasteiger partial charge < -0.3 is 10.0 Å². The van der Waals surface area contributed by atoms with Gasteiger partial charge in [-0.1, -0.05) is 15.9 Å². The molecule has 4 heteroatoms. The topological polar surface area (TPSA) is 23.5 Å². The summed E-state index contributed by atoms with van der Waals surface area (Å²) in [6, 6.07) is 8.38. The molecule has 1 N–H and O–H groups in total. The van der Waals surface area contributed by atoms with E-state index in [0.29, 0.717) is 0 Å². The minimum Gasteiger partial charge on any atom is -0.386 e. The summed E-state index contributed by atoms with van der Waals surface area (Å²) in [6.07, 6.45) is 2.19. The number of β-amino-alcohol motifs (C(OH)–C–C–N with tert-alkyl or cyclic N) is 1. The SMILES string of the molecule is O[C@H](CN1CCCC1)c1cc2cc(Br)ccc2s1. The lowest BCUT2D eigenvalue weighted by Gasteiger charge is -2.18. The zero-order valence-corrected chi connectivity index (χ0v) is 12.5. The standard InChI is InChI=1S/C14H16BrNOS/c15-11-3-4-13-10(7-11)8-14(18-13)12(17)9-16-5-1-2-6-16/h3-4,7-8,12,17H,1-2,5-6,9H2/t12-/m1/s1. The Hall–Kier alpha value is -0.420. The fraction of sp³-hybridized carbons (Fsp3) is 0.429. The van der Waals surface area contributed by atoms with Crippen LogP contribution in [0, 0.1) is 0 Å². The van der Waals surface area contributed by atoms with Crippen molar-refractivity contribution in [2.75, 3.05) is 19.6 Å². The second-order valence-corrected chi connectivity index (χ2v) is 6.89. The average molecular weight is 326 g/mol. The second kappa shape index (κ2) is 5.29. The van der Waals surface area contributed by atoms with Gasteiger partial charge in [-0.2, -0.15) is 0 Å². The number of hydrogen-bond donors (Lipinski definition) is 1. The van der Waals surface area contributed by atoms with E-state index in [1.165, 1.54) is 22.9 Å². The predicted molar refractivity (Wildman–Crippen MR) is 80.2 cm³/mol. The lowest BCUT2D eigenvalue weighted by atomic mass is 10.2. The number of rotatable bonds is 3. The van der Waals surface area contributed by atoms with Crippen LogP contribution in [0.25, 0.3) is 10.1 Å². The van der Waals surface area contributed by atoms with Crippen molar-refractivity contribution in [2.45, 2.75) is 18.9 Å². The van der Waals surface area contributed by atoms with Crippen LogP contribution in [0.4, 0.5) is 0 Å². The van der Waals surface area contributed by atoms with Gasteiger partial charge in [-0.25, -0.2) is 0 Å². The second-order valence-electron chi connectivity index (χ2n) is 4.85. The first kappa shape index (κ1) is 12.6. The summed E-state index contributed by atoms with van der Waals surface area (Å²) in [5.74, 6) is 0. The summed E-state index contributed by atoms with van der Waals surface area (Å²) in [5.41, 5.74) is 0. The van der Waals surface area contributed by atoms with Gasteiger partial charge in [0.25, 0.3) is 0 Å². The highest BCUT2D eigenvalue weighted by atomic mass is 79.9. The van der Waals surface area contributed by atoms with Crippen molar-refractivity contribution < 1.29 is 5.11 Å². The molecule has 1 fully saturated rings. The average Bonchev–Trinajstić information content (AvgIpc) is 2.96. The number of fused-ring (bicyclic) bond motifs is 1. The maximum Gasteiger partial charge on any atom is 0.101 e. The van der Waals surface area contributed by atoms with Crippen LogP contribution in [0.15, 0.2) is 28.7 Å². The van der Waals surface area contributed by atoms with Crippen molar-refractivity contribution in [1.29, 1.82) is 0 Å². The zero-order valence-electron chi connectivity index (χ0n) is 10.1. The number of thiophene rings is 1. The quantitative estimate of drug-likeness (QED) is 0.927.